The molecule has 6 heterocycles. The number of likely N-dealkylation sites (N-methyl/N-ethyl adjacent to an activating group) is 3. The SMILES string of the molecule is COc1cc2c(cc1Nc1ncnc3sc4c(c13)CC[C@H](C(=O)N(C)CCN(C)CCN(C)C)C4)C=NC2.COc1cc2c(cc1Nc1ncnc3sc4c(c13)CC[C@H](C(=O)O)C4)C=NC2. The number of thiophene rings is 2. The molecule has 344 valence electrons. The first-order valence-electron chi connectivity index (χ1n) is 22.2. The third kappa shape index (κ3) is 9.32. The highest BCUT2D eigenvalue weighted by Gasteiger charge is 2.32. The first-order valence-corrected chi connectivity index (χ1v) is 23.9. The summed E-state index contributed by atoms with van der Waals surface area (Å²) in [6.45, 7) is 4.98. The van der Waals surface area contributed by atoms with Crippen LogP contribution < -0.4 is 20.1 Å². The lowest BCUT2D eigenvalue weighted by molar-refractivity contribution is -0.142. The molecule has 6 aromatic rings. The molecule has 0 saturated heterocycles. The van der Waals surface area contributed by atoms with E-state index in [9.17, 15) is 14.7 Å². The van der Waals surface area contributed by atoms with Crippen molar-refractivity contribution in [2.45, 2.75) is 51.6 Å². The van der Waals surface area contributed by atoms with E-state index in [4.69, 9.17) is 9.47 Å². The number of nitrogens with zero attached hydrogens (tertiary/aromatic N) is 9. The van der Waals surface area contributed by atoms with Gasteiger partial charge in [-0.15, -0.1) is 22.7 Å². The highest BCUT2D eigenvalue weighted by atomic mass is 32.1. The van der Waals surface area contributed by atoms with Crippen LogP contribution in [0.4, 0.5) is 23.0 Å². The van der Waals surface area contributed by atoms with Gasteiger partial charge in [0.1, 0.15) is 45.5 Å². The van der Waals surface area contributed by atoms with Gasteiger partial charge >= 0.3 is 5.97 Å². The molecule has 2 aliphatic heterocycles. The quantitative estimate of drug-likeness (QED) is 0.102. The van der Waals surface area contributed by atoms with Crippen LogP contribution in [0.3, 0.4) is 0 Å². The van der Waals surface area contributed by atoms with E-state index in [1.165, 1.54) is 16.0 Å². The van der Waals surface area contributed by atoms with Crippen LogP contribution in [0.5, 0.6) is 11.5 Å². The highest BCUT2D eigenvalue weighted by molar-refractivity contribution is 7.19. The van der Waals surface area contributed by atoms with Gasteiger partial charge < -0.3 is 39.9 Å². The largest absolute Gasteiger partial charge is 0.495 e. The lowest BCUT2D eigenvalue weighted by Crippen LogP contribution is -2.40. The Hall–Kier alpha value is -6.08. The summed E-state index contributed by atoms with van der Waals surface area (Å²) in [4.78, 5) is 62.1. The van der Waals surface area contributed by atoms with E-state index >= 15 is 0 Å². The van der Waals surface area contributed by atoms with E-state index in [2.05, 4.69) is 77.6 Å². The van der Waals surface area contributed by atoms with E-state index < -0.39 is 5.97 Å². The number of methoxy groups -OCH3 is 2. The van der Waals surface area contributed by atoms with Crippen LogP contribution in [0.25, 0.3) is 20.4 Å². The van der Waals surface area contributed by atoms with Crippen molar-refractivity contribution < 1.29 is 24.2 Å². The molecule has 2 aliphatic carbocycles. The van der Waals surface area contributed by atoms with Crippen molar-refractivity contribution in [1.29, 1.82) is 0 Å². The van der Waals surface area contributed by atoms with Gasteiger partial charge in [-0.05, 0) is 117 Å². The van der Waals surface area contributed by atoms with E-state index in [1.807, 2.05) is 42.6 Å². The minimum Gasteiger partial charge on any atom is -0.495 e. The molecule has 0 spiro atoms. The zero-order valence-corrected chi connectivity index (χ0v) is 39.8. The van der Waals surface area contributed by atoms with Gasteiger partial charge in [-0.25, -0.2) is 19.9 Å². The number of aliphatic carboxylic acids is 1. The summed E-state index contributed by atoms with van der Waals surface area (Å²) < 4.78 is 11.2. The number of amides is 1. The minimum absolute atomic E-state index is 0.00750. The molecule has 2 atom stereocenters. The summed E-state index contributed by atoms with van der Waals surface area (Å²) >= 11 is 3.26. The van der Waals surface area contributed by atoms with E-state index in [1.54, 1.807) is 49.5 Å². The zero-order chi connectivity index (χ0) is 46.1. The second-order valence-corrected chi connectivity index (χ2v) is 19.8. The molecule has 2 aromatic carbocycles. The number of nitrogens with one attached hydrogen (secondary N) is 2. The fourth-order valence-electron chi connectivity index (χ4n) is 9.12. The molecule has 4 aromatic heterocycles. The van der Waals surface area contributed by atoms with Crippen molar-refractivity contribution in [2.24, 2.45) is 21.8 Å². The number of benzene rings is 2. The van der Waals surface area contributed by atoms with Crippen molar-refractivity contribution >= 4 is 90.4 Å². The first kappa shape index (κ1) is 45.1. The van der Waals surface area contributed by atoms with E-state index in [-0.39, 0.29) is 17.7 Å². The number of carboxylic acid groups (broad SMARTS) is 1. The van der Waals surface area contributed by atoms with E-state index in [0.717, 1.165) is 134 Å². The maximum Gasteiger partial charge on any atom is 0.306 e. The Kier molecular flexibility index (Phi) is 13.3. The number of aryl methyl sites for hydroxylation is 2. The lowest BCUT2D eigenvalue weighted by Gasteiger charge is -2.28. The average molecular weight is 930 g/mol. The Morgan fingerprint density at radius 2 is 1.20 bits per heavy atom. The molecule has 1 amide bonds. The molecule has 18 heteroatoms. The fourth-order valence-corrected chi connectivity index (χ4v) is 11.7. The summed E-state index contributed by atoms with van der Waals surface area (Å²) in [6, 6.07) is 8.14. The van der Waals surface area contributed by atoms with Crippen LogP contribution in [-0.4, -0.2) is 133 Å². The molecule has 0 bridgehead atoms. The number of carbonyl (C=O) groups excluding carboxylic acids is 1. The van der Waals surface area contributed by atoms with Crippen molar-refractivity contribution in [1.82, 2.24) is 34.6 Å². The summed E-state index contributed by atoms with van der Waals surface area (Å²) in [5.74, 6) is 2.22. The third-order valence-corrected chi connectivity index (χ3v) is 15.2. The van der Waals surface area contributed by atoms with Gasteiger partial charge in [-0.2, -0.15) is 0 Å². The Morgan fingerprint density at radius 3 is 1.70 bits per heavy atom. The summed E-state index contributed by atoms with van der Waals surface area (Å²) in [6.07, 6.45) is 11.3. The summed E-state index contributed by atoms with van der Waals surface area (Å²) in [7, 11) is 11.5. The first-order chi connectivity index (χ1) is 32.0. The number of hydrogen-bond acceptors (Lipinski definition) is 16. The summed E-state index contributed by atoms with van der Waals surface area (Å²) in [5, 5.41) is 18.3. The van der Waals surface area contributed by atoms with Crippen molar-refractivity contribution in [3.8, 4) is 11.5 Å². The standard InChI is InChI=1S/C28H37N7O2S.C20H18N4O3S/c1-33(2)8-9-34(3)10-11-35(4)28(36)18-6-7-21-24(14-18)38-27-25(21)26(30-17-31-27)32-22-12-19-15-29-16-20(19)13-23(22)37-5;1-27-15-5-12-8-21-7-11(12)4-14(15)24-18-17-13-3-2-10(20(25)26)6-16(13)28-19(17)23-9-22-18/h12-13,15,17-18H,6-11,14,16H2,1-5H3,(H,30,31,32);4-5,7,9-10H,2-3,6,8H2,1H3,(H,25,26)(H,22,23,24)/t18-;10-/m00/s1. The second kappa shape index (κ2) is 19.4. The number of anilines is 4. The maximum absolute atomic E-state index is 13.3. The van der Waals surface area contributed by atoms with Gasteiger partial charge in [0.05, 0.1) is 55.4 Å². The predicted octanol–water partition coefficient (Wildman–Crippen LogP) is 7.00. The molecule has 3 N–H and O–H groups in total. The van der Waals surface area contributed by atoms with Crippen LogP contribution in [-0.2, 0) is 48.4 Å². The molecule has 16 nitrogen and oxygen atoms in total. The Bertz CT molecular complexity index is 2880. The molecular formula is C48H55N11O5S2. The molecular weight excluding hydrogens is 875 g/mol. The second-order valence-electron chi connectivity index (χ2n) is 17.6. The number of aliphatic imine (C=N–C) groups is 2. The van der Waals surface area contributed by atoms with Gasteiger partial charge in [0, 0.05) is 61.3 Å². The van der Waals surface area contributed by atoms with Crippen LogP contribution >= 0.6 is 22.7 Å². The number of fused-ring (bicyclic) bond motifs is 8. The van der Waals surface area contributed by atoms with Gasteiger partial charge in [-0.1, -0.05) is 0 Å². The van der Waals surface area contributed by atoms with Crippen LogP contribution in [0.15, 0.2) is 46.9 Å². The molecule has 0 radical (unpaired) electrons. The van der Waals surface area contributed by atoms with Crippen LogP contribution in [0.1, 0.15) is 56.0 Å². The van der Waals surface area contributed by atoms with Crippen LogP contribution in [0.2, 0.25) is 0 Å². The van der Waals surface area contributed by atoms with Crippen molar-refractivity contribution in [3.05, 3.63) is 80.1 Å². The molecule has 10 rings (SSSR count). The molecule has 0 unspecified atom stereocenters. The molecule has 66 heavy (non-hydrogen) atoms. The van der Waals surface area contributed by atoms with Gasteiger partial charge in [0.15, 0.2) is 0 Å². The van der Waals surface area contributed by atoms with Crippen molar-refractivity contribution in [2.75, 3.05) is 79.2 Å². The Balaban J connectivity index is 0.000000173. The lowest BCUT2D eigenvalue weighted by atomic mass is 9.87. The Morgan fingerprint density at radius 1 is 0.697 bits per heavy atom. The van der Waals surface area contributed by atoms with Crippen LogP contribution in [0, 0.1) is 11.8 Å². The maximum atomic E-state index is 13.3. The van der Waals surface area contributed by atoms with Crippen molar-refractivity contribution in [3.63, 3.8) is 0 Å². The minimum atomic E-state index is -0.725. The number of hydrogen-bond donors (Lipinski definition) is 3. The molecule has 0 saturated carbocycles. The molecule has 4 aliphatic rings. The van der Waals surface area contributed by atoms with Gasteiger partial charge in [0.25, 0.3) is 0 Å². The number of carboxylic acids is 1. The normalized spacial score (nSPS) is 16.7. The molecule has 0 fully saturated rings. The topological polar surface area (TPSA) is 183 Å². The number of carbonyl (C=O) groups is 2. The van der Waals surface area contributed by atoms with Gasteiger partial charge in [0.2, 0.25) is 5.91 Å². The van der Waals surface area contributed by atoms with Gasteiger partial charge in [-0.3, -0.25) is 19.6 Å². The zero-order valence-electron chi connectivity index (χ0n) is 38.2. The summed E-state index contributed by atoms with van der Waals surface area (Å²) in [5.41, 5.74) is 8.60. The monoisotopic (exact) mass is 929 g/mol. The predicted molar refractivity (Wildman–Crippen MR) is 262 cm³/mol. The van der Waals surface area contributed by atoms with E-state index in [0.29, 0.717) is 25.9 Å². The Labute approximate surface area is 391 Å². The fraction of sp³-hybridized carbons (Fsp3) is 0.417. The number of ether oxygens (including phenoxy) is 2. The highest BCUT2D eigenvalue weighted by Crippen LogP contribution is 2.44. The average Bonchev–Trinajstić information content (AvgIpc) is 4.14. The third-order valence-electron chi connectivity index (χ3n) is 12.9. The number of aromatic nitrogens is 4. The smallest absolute Gasteiger partial charge is 0.306 e. The number of rotatable bonds is 14.